The molecule has 0 saturated carbocycles. The second-order valence-electron chi connectivity index (χ2n) is 4.05. The highest BCUT2D eigenvalue weighted by atomic mass is 35.5. The average molecular weight is 286 g/mol. The molecule has 1 amide bonds. The van der Waals surface area contributed by atoms with Crippen molar-refractivity contribution in [2.75, 3.05) is 13.6 Å². The maximum Gasteiger partial charge on any atom is 0.276 e. The van der Waals surface area contributed by atoms with E-state index >= 15 is 0 Å². The van der Waals surface area contributed by atoms with Gasteiger partial charge in [0.2, 0.25) is 5.76 Å². The Bertz CT molecular complexity index is 524. The first-order valence-electron chi connectivity index (χ1n) is 5.61. The SMILES string of the molecule is CC(CN)N(C)C(=O)c1cc(-c2ccco2)on1.Cl. The number of hydrogen-bond acceptors (Lipinski definition) is 5. The van der Waals surface area contributed by atoms with E-state index in [1.54, 1.807) is 25.2 Å². The summed E-state index contributed by atoms with van der Waals surface area (Å²) in [5.74, 6) is 0.739. The van der Waals surface area contributed by atoms with Crippen LogP contribution in [0.1, 0.15) is 17.4 Å². The van der Waals surface area contributed by atoms with Gasteiger partial charge in [-0.2, -0.15) is 0 Å². The van der Waals surface area contributed by atoms with Crippen molar-refractivity contribution in [2.24, 2.45) is 5.73 Å². The maximum absolute atomic E-state index is 12.0. The monoisotopic (exact) mass is 285 g/mol. The van der Waals surface area contributed by atoms with Gasteiger partial charge in [-0.15, -0.1) is 12.4 Å². The fourth-order valence-electron chi connectivity index (χ4n) is 1.45. The number of likely N-dealkylation sites (N-methyl/N-ethyl adjacent to an activating group) is 1. The van der Waals surface area contributed by atoms with Gasteiger partial charge in [0.15, 0.2) is 11.5 Å². The van der Waals surface area contributed by atoms with Crippen molar-refractivity contribution in [3.05, 3.63) is 30.2 Å². The number of rotatable bonds is 4. The van der Waals surface area contributed by atoms with E-state index in [9.17, 15) is 4.79 Å². The molecule has 0 aliphatic carbocycles. The molecule has 0 aliphatic heterocycles. The van der Waals surface area contributed by atoms with Crippen molar-refractivity contribution >= 4 is 18.3 Å². The van der Waals surface area contributed by atoms with Crippen LogP contribution >= 0.6 is 12.4 Å². The smallest absolute Gasteiger partial charge is 0.276 e. The molecule has 0 fully saturated rings. The number of carbonyl (C=O) groups excluding carboxylic acids is 1. The molecule has 104 valence electrons. The van der Waals surface area contributed by atoms with Crippen molar-refractivity contribution in [2.45, 2.75) is 13.0 Å². The van der Waals surface area contributed by atoms with E-state index in [-0.39, 0.29) is 30.0 Å². The first-order valence-corrected chi connectivity index (χ1v) is 5.61. The molecule has 0 aliphatic rings. The number of hydrogen-bond donors (Lipinski definition) is 1. The lowest BCUT2D eigenvalue weighted by molar-refractivity contribution is 0.0738. The van der Waals surface area contributed by atoms with E-state index in [0.717, 1.165) is 0 Å². The third-order valence-corrected chi connectivity index (χ3v) is 2.82. The van der Waals surface area contributed by atoms with E-state index in [0.29, 0.717) is 18.1 Å². The van der Waals surface area contributed by atoms with E-state index in [1.165, 1.54) is 11.2 Å². The number of halogens is 1. The Morgan fingerprint density at radius 3 is 2.84 bits per heavy atom. The molecule has 2 aromatic rings. The number of amides is 1. The van der Waals surface area contributed by atoms with Crippen LogP contribution < -0.4 is 5.73 Å². The largest absolute Gasteiger partial charge is 0.461 e. The first kappa shape index (κ1) is 15.3. The van der Waals surface area contributed by atoms with E-state index in [2.05, 4.69) is 5.16 Å². The fourth-order valence-corrected chi connectivity index (χ4v) is 1.45. The lowest BCUT2D eigenvalue weighted by Gasteiger charge is -2.22. The predicted molar refractivity (Wildman–Crippen MR) is 72.1 cm³/mol. The van der Waals surface area contributed by atoms with Crippen LogP contribution in [0.15, 0.2) is 33.4 Å². The summed E-state index contributed by atoms with van der Waals surface area (Å²) in [7, 11) is 1.68. The van der Waals surface area contributed by atoms with Gasteiger partial charge in [-0.1, -0.05) is 5.16 Å². The van der Waals surface area contributed by atoms with Crippen LogP contribution in [0.25, 0.3) is 11.5 Å². The Labute approximate surface area is 116 Å². The van der Waals surface area contributed by atoms with Gasteiger partial charge in [-0.3, -0.25) is 4.79 Å². The molecule has 1 atom stereocenters. The minimum atomic E-state index is -0.227. The molecule has 19 heavy (non-hydrogen) atoms. The van der Waals surface area contributed by atoms with Crippen molar-refractivity contribution < 1.29 is 13.7 Å². The van der Waals surface area contributed by atoms with Crippen LogP contribution in [0.4, 0.5) is 0 Å². The minimum Gasteiger partial charge on any atom is -0.461 e. The molecule has 7 heteroatoms. The fraction of sp³-hybridized carbons (Fsp3) is 0.333. The van der Waals surface area contributed by atoms with Crippen LogP contribution in [0.2, 0.25) is 0 Å². The number of nitrogens with zero attached hydrogens (tertiary/aromatic N) is 2. The molecule has 2 heterocycles. The van der Waals surface area contributed by atoms with Crippen molar-refractivity contribution in [1.29, 1.82) is 0 Å². The number of nitrogens with two attached hydrogens (primary N) is 1. The highest BCUT2D eigenvalue weighted by Crippen LogP contribution is 2.21. The number of aromatic nitrogens is 1. The van der Waals surface area contributed by atoms with Gasteiger partial charge in [0, 0.05) is 25.7 Å². The maximum atomic E-state index is 12.0. The zero-order valence-electron chi connectivity index (χ0n) is 10.7. The molecule has 0 radical (unpaired) electrons. The van der Waals surface area contributed by atoms with Crippen LogP contribution in [-0.2, 0) is 0 Å². The summed E-state index contributed by atoms with van der Waals surface area (Å²) in [6.07, 6.45) is 1.53. The molecule has 0 aromatic carbocycles. The second kappa shape index (κ2) is 6.40. The van der Waals surface area contributed by atoms with Gasteiger partial charge in [0.1, 0.15) is 0 Å². The summed E-state index contributed by atoms with van der Waals surface area (Å²) in [5.41, 5.74) is 5.76. The number of carbonyl (C=O) groups is 1. The Morgan fingerprint density at radius 2 is 2.26 bits per heavy atom. The summed E-state index contributed by atoms with van der Waals surface area (Å²) < 4.78 is 10.2. The Hall–Kier alpha value is -1.79. The van der Waals surface area contributed by atoms with Gasteiger partial charge in [0.05, 0.1) is 6.26 Å². The lowest BCUT2D eigenvalue weighted by Crippen LogP contribution is -2.39. The Balaban J connectivity index is 0.00000180. The summed E-state index contributed by atoms with van der Waals surface area (Å²) in [6, 6.07) is 4.98. The quantitative estimate of drug-likeness (QED) is 0.925. The molecule has 0 bridgehead atoms. The van der Waals surface area contributed by atoms with Gasteiger partial charge in [-0.25, -0.2) is 0 Å². The van der Waals surface area contributed by atoms with Crippen LogP contribution in [-0.4, -0.2) is 35.6 Å². The molecule has 0 saturated heterocycles. The standard InChI is InChI=1S/C12H15N3O3.ClH/c1-8(7-13)15(2)12(16)9-6-11(18-14-9)10-4-3-5-17-10;/h3-6,8H,7,13H2,1-2H3;1H. The highest BCUT2D eigenvalue weighted by Gasteiger charge is 2.21. The number of furan rings is 1. The lowest BCUT2D eigenvalue weighted by atomic mass is 10.2. The third kappa shape index (κ3) is 3.15. The van der Waals surface area contributed by atoms with Crippen LogP contribution in [0.5, 0.6) is 0 Å². The molecule has 2 N–H and O–H groups in total. The molecule has 2 rings (SSSR count). The van der Waals surface area contributed by atoms with Crippen molar-refractivity contribution in [3.63, 3.8) is 0 Å². The summed E-state index contributed by atoms with van der Waals surface area (Å²) >= 11 is 0. The molecule has 6 nitrogen and oxygen atoms in total. The molecule has 0 spiro atoms. The highest BCUT2D eigenvalue weighted by molar-refractivity contribution is 5.93. The third-order valence-electron chi connectivity index (χ3n) is 2.82. The van der Waals surface area contributed by atoms with Gasteiger partial charge >= 0.3 is 0 Å². The van der Waals surface area contributed by atoms with Crippen molar-refractivity contribution in [1.82, 2.24) is 10.1 Å². The topological polar surface area (TPSA) is 85.5 Å². The molecule has 1 unspecified atom stereocenters. The Kier molecular flexibility index (Phi) is 5.14. The van der Waals surface area contributed by atoms with E-state index in [4.69, 9.17) is 14.7 Å². The van der Waals surface area contributed by atoms with Crippen LogP contribution in [0, 0.1) is 0 Å². The van der Waals surface area contributed by atoms with Gasteiger partial charge in [0.25, 0.3) is 5.91 Å². The van der Waals surface area contributed by atoms with Gasteiger partial charge < -0.3 is 19.6 Å². The predicted octanol–water partition coefficient (Wildman–Crippen LogP) is 1.78. The van der Waals surface area contributed by atoms with E-state index in [1.807, 2.05) is 6.92 Å². The van der Waals surface area contributed by atoms with Crippen LogP contribution in [0.3, 0.4) is 0 Å². The Morgan fingerprint density at radius 1 is 1.53 bits per heavy atom. The summed E-state index contributed by atoms with van der Waals surface area (Å²) in [4.78, 5) is 13.6. The zero-order valence-corrected chi connectivity index (χ0v) is 11.5. The van der Waals surface area contributed by atoms with Crippen molar-refractivity contribution in [3.8, 4) is 11.5 Å². The normalized spacial score (nSPS) is 11.7. The minimum absolute atomic E-state index is 0. The average Bonchev–Trinajstić information content (AvgIpc) is 3.05. The zero-order chi connectivity index (χ0) is 13.1. The second-order valence-corrected chi connectivity index (χ2v) is 4.05. The van der Waals surface area contributed by atoms with Gasteiger partial charge in [-0.05, 0) is 19.1 Å². The first-order chi connectivity index (χ1) is 8.63. The molecular formula is C12H16ClN3O3. The summed E-state index contributed by atoms with van der Waals surface area (Å²) in [5, 5.41) is 3.74. The van der Waals surface area contributed by atoms with E-state index < -0.39 is 0 Å². The molecule has 2 aromatic heterocycles. The molecular weight excluding hydrogens is 270 g/mol. The summed E-state index contributed by atoms with van der Waals surface area (Å²) in [6.45, 7) is 2.26.